The molecule has 0 aliphatic heterocycles. The molecule has 19 heavy (non-hydrogen) atoms. The molecule has 1 N–H and O–H groups in total. The molecule has 3 heteroatoms. The van der Waals surface area contributed by atoms with E-state index in [1.807, 2.05) is 42.5 Å². The van der Waals surface area contributed by atoms with Gasteiger partial charge in [-0.05, 0) is 18.6 Å². The Morgan fingerprint density at radius 3 is 2.89 bits per heavy atom. The quantitative estimate of drug-likeness (QED) is 0.879. The van der Waals surface area contributed by atoms with Gasteiger partial charge in [0.2, 0.25) is 0 Å². The van der Waals surface area contributed by atoms with Gasteiger partial charge >= 0.3 is 0 Å². The predicted molar refractivity (Wildman–Crippen MR) is 74.5 cm³/mol. The van der Waals surface area contributed by atoms with Gasteiger partial charge in [0, 0.05) is 17.2 Å². The van der Waals surface area contributed by atoms with E-state index < -0.39 is 0 Å². The lowest BCUT2D eigenvalue weighted by Gasteiger charge is -1.98. The lowest BCUT2D eigenvalue weighted by molar-refractivity contribution is 0.411. The fourth-order valence-electron chi connectivity index (χ4n) is 2.00. The van der Waals surface area contributed by atoms with Crippen molar-refractivity contribution in [2.24, 2.45) is 0 Å². The van der Waals surface area contributed by atoms with Crippen LogP contribution in [0.25, 0.3) is 16.8 Å². The van der Waals surface area contributed by atoms with Gasteiger partial charge in [-0.2, -0.15) is 0 Å². The van der Waals surface area contributed by atoms with E-state index in [0.29, 0.717) is 11.3 Å². The molecular formula is C16H13NO2. The van der Waals surface area contributed by atoms with E-state index in [2.05, 4.69) is 11.2 Å². The van der Waals surface area contributed by atoms with Crippen molar-refractivity contribution in [1.29, 1.82) is 0 Å². The van der Waals surface area contributed by atoms with Crippen LogP contribution >= 0.6 is 0 Å². The molecule has 1 aromatic carbocycles. The number of rotatable bonds is 2. The Hall–Kier alpha value is -2.55. The number of hydrogen-bond acceptors (Lipinski definition) is 3. The summed E-state index contributed by atoms with van der Waals surface area (Å²) in [5.74, 6) is 0.937. The normalized spacial score (nSPS) is 14.2. The molecule has 1 aromatic heterocycles. The smallest absolute Gasteiger partial charge is 0.163 e. The highest BCUT2D eigenvalue weighted by Gasteiger charge is 2.12. The van der Waals surface area contributed by atoms with Crippen molar-refractivity contribution in [1.82, 2.24) is 5.16 Å². The van der Waals surface area contributed by atoms with Gasteiger partial charge in [0.1, 0.15) is 11.4 Å². The highest BCUT2D eigenvalue weighted by molar-refractivity contribution is 5.72. The Morgan fingerprint density at radius 2 is 2.00 bits per heavy atom. The minimum Gasteiger partial charge on any atom is -0.507 e. The van der Waals surface area contributed by atoms with Crippen molar-refractivity contribution in [2.45, 2.75) is 6.42 Å². The van der Waals surface area contributed by atoms with Crippen LogP contribution < -0.4 is 0 Å². The van der Waals surface area contributed by atoms with E-state index in [1.165, 1.54) is 0 Å². The number of aromatic nitrogens is 1. The summed E-state index contributed by atoms with van der Waals surface area (Å²) >= 11 is 0. The zero-order chi connectivity index (χ0) is 13.1. The third kappa shape index (κ3) is 2.36. The number of nitrogens with zero attached hydrogens (tertiary/aromatic N) is 1. The molecule has 0 saturated heterocycles. The lowest BCUT2D eigenvalue weighted by Crippen LogP contribution is -1.78. The second-order valence-corrected chi connectivity index (χ2v) is 4.30. The van der Waals surface area contributed by atoms with Crippen LogP contribution in [0.2, 0.25) is 0 Å². The van der Waals surface area contributed by atoms with E-state index in [9.17, 15) is 5.11 Å². The molecule has 1 heterocycles. The van der Waals surface area contributed by atoms with E-state index >= 15 is 0 Å². The van der Waals surface area contributed by atoms with Crippen LogP contribution in [0.15, 0.2) is 65.2 Å². The number of phenols is 1. The van der Waals surface area contributed by atoms with Crippen LogP contribution in [-0.4, -0.2) is 10.3 Å². The van der Waals surface area contributed by atoms with Gasteiger partial charge < -0.3 is 9.63 Å². The molecule has 0 spiro atoms. The number of allylic oxidation sites excluding steroid dienone is 6. The van der Waals surface area contributed by atoms with E-state index in [0.717, 1.165) is 17.8 Å². The molecule has 3 rings (SSSR count). The number of phenolic OH excluding ortho intramolecular Hbond substituents is 1. The van der Waals surface area contributed by atoms with Crippen molar-refractivity contribution >= 4 is 5.57 Å². The fourth-order valence-corrected chi connectivity index (χ4v) is 2.00. The van der Waals surface area contributed by atoms with Gasteiger partial charge in [0.15, 0.2) is 5.76 Å². The number of aromatic hydroxyl groups is 1. The molecule has 1 aliphatic rings. The van der Waals surface area contributed by atoms with Gasteiger partial charge in [-0.25, -0.2) is 0 Å². The van der Waals surface area contributed by atoms with Crippen molar-refractivity contribution in [2.75, 3.05) is 0 Å². The Morgan fingerprint density at radius 1 is 1.11 bits per heavy atom. The van der Waals surface area contributed by atoms with Crippen LogP contribution in [0.4, 0.5) is 0 Å². The monoisotopic (exact) mass is 251 g/mol. The molecule has 0 fully saturated rings. The van der Waals surface area contributed by atoms with Crippen molar-refractivity contribution in [3.63, 3.8) is 0 Å². The summed E-state index contributed by atoms with van der Waals surface area (Å²) in [7, 11) is 0. The molecule has 0 unspecified atom stereocenters. The van der Waals surface area contributed by atoms with Crippen molar-refractivity contribution in [3.8, 4) is 17.0 Å². The molecule has 0 bridgehead atoms. The van der Waals surface area contributed by atoms with Gasteiger partial charge in [-0.3, -0.25) is 0 Å². The zero-order valence-corrected chi connectivity index (χ0v) is 10.3. The van der Waals surface area contributed by atoms with Crippen LogP contribution in [0.5, 0.6) is 5.75 Å². The summed E-state index contributed by atoms with van der Waals surface area (Å²) in [6, 6.07) is 8.95. The van der Waals surface area contributed by atoms with Crippen LogP contribution in [-0.2, 0) is 0 Å². The first-order valence-corrected chi connectivity index (χ1v) is 6.12. The number of para-hydroxylation sites is 1. The largest absolute Gasteiger partial charge is 0.507 e. The Bertz CT molecular complexity index is 678. The molecule has 0 amide bonds. The van der Waals surface area contributed by atoms with Crippen LogP contribution in [0.3, 0.4) is 0 Å². The Kier molecular flexibility index (Phi) is 3.02. The van der Waals surface area contributed by atoms with Crippen molar-refractivity contribution in [3.05, 3.63) is 66.5 Å². The molecule has 0 radical (unpaired) electrons. The first-order chi connectivity index (χ1) is 9.34. The molecule has 1 aliphatic carbocycles. The van der Waals surface area contributed by atoms with Crippen molar-refractivity contribution < 1.29 is 9.63 Å². The first kappa shape index (κ1) is 11.5. The standard InChI is InChI=1S/C16H13NO2/c18-15-10-6-5-9-13(15)14-11-16(19-17-14)12-7-3-1-2-4-8-12/h1-7,9-11,18H,8H2. The third-order valence-corrected chi connectivity index (χ3v) is 3.00. The molecule has 2 aromatic rings. The van der Waals surface area contributed by atoms with Gasteiger partial charge in [0.25, 0.3) is 0 Å². The summed E-state index contributed by atoms with van der Waals surface area (Å²) in [6.45, 7) is 0. The molecule has 0 saturated carbocycles. The summed E-state index contributed by atoms with van der Waals surface area (Å²) in [5.41, 5.74) is 2.39. The van der Waals surface area contributed by atoms with Crippen LogP contribution in [0.1, 0.15) is 12.2 Å². The molecular weight excluding hydrogens is 238 g/mol. The van der Waals surface area contributed by atoms with E-state index in [4.69, 9.17) is 4.52 Å². The van der Waals surface area contributed by atoms with E-state index in [1.54, 1.807) is 12.1 Å². The highest BCUT2D eigenvalue weighted by atomic mass is 16.5. The Labute approximate surface area is 111 Å². The molecule has 3 nitrogen and oxygen atoms in total. The van der Waals surface area contributed by atoms with E-state index in [-0.39, 0.29) is 5.75 Å². The maximum atomic E-state index is 9.81. The lowest BCUT2D eigenvalue weighted by atomic mass is 10.1. The highest BCUT2D eigenvalue weighted by Crippen LogP contribution is 2.30. The fraction of sp³-hybridized carbons (Fsp3) is 0.0625. The predicted octanol–water partition coefficient (Wildman–Crippen LogP) is 3.95. The van der Waals surface area contributed by atoms with Gasteiger partial charge in [0.05, 0.1) is 0 Å². The first-order valence-electron chi connectivity index (χ1n) is 6.12. The third-order valence-electron chi connectivity index (χ3n) is 3.00. The second kappa shape index (κ2) is 4.98. The summed E-state index contributed by atoms with van der Waals surface area (Å²) in [4.78, 5) is 0. The topological polar surface area (TPSA) is 46.3 Å². The Balaban J connectivity index is 1.96. The minimum atomic E-state index is 0.206. The summed E-state index contributed by atoms with van der Waals surface area (Å²) in [5, 5.41) is 13.8. The molecule has 0 atom stereocenters. The minimum absolute atomic E-state index is 0.206. The van der Waals surface area contributed by atoms with Gasteiger partial charge in [-0.15, -0.1) is 0 Å². The zero-order valence-electron chi connectivity index (χ0n) is 10.3. The van der Waals surface area contributed by atoms with Crippen LogP contribution in [0, 0.1) is 0 Å². The number of hydrogen-bond donors (Lipinski definition) is 1. The average molecular weight is 251 g/mol. The average Bonchev–Trinajstić information content (AvgIpc) is 2.75. The maximum absolute atomic E-state index is 9.81. The number of benzene rings is 1. The SMILES string of the molecule is Oc1ccccc1-c1cc(C2=CC=CC=CC2)on1. The summed E-state index contributed by atoms with van der Waals surface area (Å²) < 4.78 is 5.37. The molecule has 94 valence electrons. The maximum Gasteiger partial charge on any atom is 0.163 e. The van der Waals surface area contributed by atoms with Gasteiger partial charge in [-0.1, -0.05) is 47.7 Å². The summed E-state index contributed by atoms with van der Waals surface area (Å²) in [6.07, 6.45) is 10.8. The second-order valence-electron chi connectivity index (χ2n) is 4.30.